The molecule has 27 heavy (non-hydrogen) atoms. The summed E-state index contributed by atoms with van der Waals surface area (Å²) in [5.41, 5.74) is 2.72. The van der Waals surface area contributed by atoms with Crippen molar-refractivity contribution in [2.75, 3.05) is 34.8 Å². The van der Waals surface area contributed by atoms with Crippen molar-refractivity contribution in [3.63, 3.8) is 0 Å². The van der Waals surface area contributed by atoms with Crippen molar-refractivity contribution < 1.29 is 0 Å². The van der Waals surface area contributed by atoms with Gasteiger partial charge in [-0.3, -0.25) is 0 Å². The van der Waals surface area contributed by atoms with E-state index < -0.39 is 0 Å². The highest BCUT2D eigenvalue weighted by atomic mass is 32.1. The quantitative estimate of drug-likeness (QED) is 0.611. The molecule has 2 aliphatic rings. The minimum atomic E-state index is 0.504. The minimum Gasteiger partial charge on any atom is -0.359 e. The van der Waals surface area contributed by atoms with Crippen LogP contribution in [0.25, 0.3) is 0 Å². The number of hydrogen-bond donors (Lipinski definition) is 2. The lowest BCUT2D eigenvalue weighted by Gasteiger charge is -2.22. The number of aromatic nitrogens is 2. The number of anilines is 3. The molecule has 4 rings (SSSR count). The second-order valence-electron chi connectivity index (χ2n) is 6.85. The van der Waals surface area contributed by atoms with Gasteiger partial charge in [0.2, 0.25) is 5.95 Å². The highest BCUT2D eigenvalue weighted by Crippen LogP contribution is 2.30. The Bertz CT molecular complexity index is 821. The number of nitrogens with zero attached hydrogens (tertiary/aromatic N) is 4. The monoisotopic (exact) mass is 380 g/mol. The van der Waals surface area contributed by atoms with E-state index in [0.29, 0.717) is 17.6 Å². The van der Waals surface area contributed by atoms with Crippen LogP contribution >= 0.6 is 12.2 Å². The van der Waals surface area contributed by atoms with E-state index in [-0.39, 0.29) is 0 Å². The molecule has 2 aromatic rings. The van der Waals surface area contributed by atoms with Gasteiger partial charge >= 0.3 is 0 Å². The Balaban J connectivity index is 1.60. The van der Waals surface area contributed by atoms with Gasteiger partial charge in [-0.15, -0.1) is 6.58 Å². The lowest BCUT2D eigenvalue weighted by Crippen LogP contribution is -2.30. The predicted octanol–water partition coefficient (Wildman–Crippen LogP) is 3.07. The summed E-state index contributed by atoms with van der Waals surface area (Å²) >= 11 is 5.34. The zero-order chi connectivity index (χ0) is 18.6. The molecule has 0 atom stereocenters. The lowest BCUT2D eigenvalue weighted by molar-refractivity contribution is 0.845. The van der Waals surface area contributed by atoms with E-state index in [1.54, 1.807) is 6.08 Å². The molecule has 2 N–H and O–H groups in total. The normalized spacial score (nSPS) is 15.6. The Morgan fingerprint density at radius 1 is 1.07 bits per heavy atom. The van der Waals surface area contributed by atoms with Crippen molar-refractivity contribution in [2.24, 2.45) is 0 Å². The van der Waals surface area contributed by atoms with Gasteiger partial charge in [-0.05, 0) is 36.2 Å². The molecule has 1 fully saturated rings. The molecule has 2 aliphatic heterocycles. The van der Waals surface area contributed by atoms with E-state index >= 15 is 0 Å². The molecule has 1 aromatic carbocycles. The summed E-state index contributed by atoms with van der Waals surface area (Å²) in [6.45, 7) is 8.11. The number of thiocarbonyl (C=S) groups is 1. The average molecular weight is 381 g/mol. The third kappa shape index (κ3) is 4.03. The molecule has 1 saturated heterocycles. The molecular formula is C20H24N6S. The number of rotatable bonds is 5. The van der Waals surface area contributed by atoms with Crippen LogP contribution in [0, 0.1) is 0 Å². The molecule has 0 radical (unpaired) electrons. The van der Waals surface area contributed by atoms with Gasteiger partial charge in [0, 0.05) is 38.8 Å². The molecular weight excluding hydrogens is 356 g/mol. The second-order valence-corrected chi connectivity index (χ2v) is 7.26. The standard InChI is InChI=1S/C20H24N6S/c1-2-9-21-20(27)24-19-22-17(25-10-5-6-11-25)12-18(23-19)26-13-15-7-3-4-8-16(15)14-26/h2-4,7-8,12H,1,5-6,9-11,13-14H2,(H2,21,22,23,24,27). The highest BCUT2D eigenvalue weighted by Gasteiger charge is 2.23. The zero-order valence-electron chi connectivity index (χ0n) is 15.3. The first-order chi connectivity index (χ1) is 13.2. The van der Waals surface area contributed by atoms with Crippen LogP contribution < -0.4 is 20.4 Å². The molecule has 0 spiro atoms. The summed E-state index contributed by atoms with van der Waals surface area (Å²) in [5.74, 6) is 2.42. The minimum absolute atomic E-state index is 0.504. The molecule has 140 valence electrons. The van der Waals surface area contributed by atoms with Crippen LogP contribution in [0.15, 0.2) is 43.0 Å². The summed E-state index contributed by atoms with van der Waals surface area (Å²) in [7, 11) is 0. The van der Waals surface area contributed by atoms with Crippen molar-refractivity contribution in [3.8, 4) is 0 Å². The first-order valence-corrected chi connectivity index (χ1v) is 9.75. The highest BCUT2D eigenvalue weighted by molar-refractivity contribution is 7.80. The van der Waals surface area contributed by atoms with Crippen molar-refractivity contribution in [1.82, 2.24) is 15.3 Å². The largest absolute Gasteiger partial charge is 0.359 e. The van der Waals surface area contributed by atoms with Gasteiger partial charge in [-0.25, -0.2) is 0 Å². The molecule has 0 amide bonds. The van der Waals surface area contributed by atoms with Gasteiger partial charge in [0.05, 0.1) is 0 Å². The van der Waals surface area contributed by atoms with E-state index in [0.717, 1.165) is 37.8 Å². The van der Waals surface area contributed by atoms with Gasteiger partial charge in [-0.2, -0.15) is 9.97 Å². The van der Waals surface area contributed by atoms with Gasteiger partial charge < -0.3 is 20.4 Å². The fraction of sp³-hybridized carbons (Fsp3) is 0.350. The molecule has 3 heterocycles. The Morgan fingerprint density at radius 2 is 1.70 bits per heavy atom. The van der Waals surface area contributed by atoms with E-state index in [9.17, 15) is 0 Å². The van der Waals surface area contributed by atoms with E-state index in [1.807, 2.05) is 0 Å². The van der Waals surface area contributed by atoms with Crippen LogP contribution in [0.3, 0.4) is 0 Å². The van der Waals surface area contributed by atoms with E-state index in [4.69, 9.17) is 22.2 Å². The summed E-state index contributed by atoms with van der Waals surface area (Å²) in [4.78, 5) is 14.1. The van der Waals surface area contributed by atoms with E-state index in [2.05, 4.69) is 57.3 Å². The molecule has 6 nitrogen and oxygen atoms in total. The smallest absolute Gasteiger partial charge is 0.232 e. The summed E-state index contributed by atoms with van der Waals surface area (Å²) < 4.78 is 0. The molecule has 0 unspecified atom stereocenters. The lowest BCUT2D eigenvalue weighted by atomic mass is 10.1. The van der Waals surface area contributed by atoms with E-state index in [1.165, 1.54) is 24.0 Å². The van der Waals surface area contributed by atoms with Gasteiger partial charge in [-0.1, -0.05) is 30.3 Å². The number of benzene rings is 1. The molecule has 7 heteroatoms. The summed E-state index contributed by atoms with van der Waals surface area (Å²) in [5, 5.41) is 6.69. The maximum Gasteiger partial charge on any atom is 0.232 e. The third-order valence-electron chi connectivity index (χ3n) is 4.93. The van der Waals surface area contributed by atoms with Crippen molar-refractivity contribution in [2.45, 2.75) is 25.9 Å². The van der Waals surface area contributed by atoms with Gasteiger partial charge in [0.15, 0.2) is 5.11 Å². The summed E-state index contributed by atoms with van der Waals surface area (Å²) in [6.07, 6.45) is 4.18. The molecule has 0 aliphatic carbocycles. The van der Waals surface area contributed by atoms with Crippen LogP contribution in [0.1, 0.15) is 24.0 Å². The molecule has 0 saturated carbocycles. The number of nitrogens with one attached hydrogen (secondary N) is 2. The maximum atomic E-state index is 5.34. The van der Waals surface area contributed by atoms with Crippen LogP contribution in [0.4, 0.5) is 17.6 Å². The Kier molecular flexibility index (Phi) is 5.20. The maximum absolute atomic E-state index is 5.34. The first kappa shape index (κ1) is 17.7. The van der Waals surface area contributed by atoms with Gasteiger partial charge in [0.25, 0.3) is 0 Å². The number of fused-ring (bicyclic) bond motifs is 1. The second kappa shape index (κ2) is 7.92. The first-order valence-electron chi connectivity index (χ1n) is 9.34. The fourth-order valence-corrected chi connectivity index (χ4v) is 3.73. The molecule has 0 bridgehead atoms. The van der Waals surface area contributed by atoms with Crippen LogP contribution in [0.2, 0.25) is 0 Å². The Labute approximate surface area is 165 Å². The predicted molar refractivity (Wildman–Crippen MR) is 114 cm³/mol. The topological polar surface area (TPSA) is 56.3 Å². The van der Waals surface area contributed by atoms with Crippen molar-refractivity contribution in [1.29, 1.82) is 0 Å². The SMILES string of the molecule is C=CCNC(=S)Nc1nc(N2CCCC2)cc(N2Cc3ccccc3C2)n1. The van der Waals surface area contributed by atoms with Crippen LogP contribution in [-0.4, -0.2) is 34.7 Å². The third-order valence-corrected chi connectivity index (χ3v) is 5.17. The van der Waals surface area contributed by atoms with Crippen molar-refractivity contribution in [3.05, 3.63) is 54.1 Å². The number of hydrogen-bond acceptors (Lipinski definition) is 5. The van der Waals surface area contributed by atoms with Crippen LogP contribution in [-0.2, 0) is 13.1 Å². The Hall–Kier alpha value is -2.67. The molecule has 1 aromatic heterocycles. The van der Waals surface area contributed by atoms with Gasteiger partial charge in [0.1, 0.15) is 11.6 Å². The summed E-state index contributed by atoms with van der Waals surface area (Å²) in [6, 6.07) is 10.7. The fourth-order valence-electron chi connectivity index (χ4n) is 3.55. The van der Waals surface area contributed by atoms with Crippen molar-refractivity contribution >= 4 is 34.9 Å². The van der Waals surface area contributed by atoms with Crippen LogP contribution in [0.5, 0.6) is 0 Å². The Morgan fingerprint density at radius 3 is 2.33 bits per heavy atom. The average Bonchev–Trinajstić information content (AvgIpc) is 3.35. The zero-order valence-corrected chi connectivity index (χ0v) is 16.1.